The molecule has 0 saturated carbocycles. The van der Waals surface area contributed by atoms with Gasteiger partial charge in [-0.05, 0) is 39.3 Å². The number of amides is 1. The van der Waals surface area contributed by atoms with Crippen LogP contribution in [0.3, 0.4) is 0 Å². The van der Waals surface area contributed by atoms with E-state index in [0.717, 1.165) is 0 Å². The van der Waals surface area contributed by atoms with Crippen molar-refractivity contribution in [2.45, 2.75) is 33.3 Å². The Morgan fingerprint density at radius 2 is 2.00 bits per heavy atom. The van der Waals surface area contributed by atoms with E-state index in [1.54, 1.807) is 26.1 Å². The summed E-state index contributed by atoms with van der Waals surface area (Å²) in [5.74, 6) is 0.147. The Bertz CT molecular complexity index is 469. The number of carbonyl (C=O) groups excluding carboxylic acids is 1. The first-order chi connectivity index (χ1) is 9.19. The first-order valence-electron chi connectivity index (χ1n) is 6.52. The first-order valence-corrected chi connectivity index (χ1v) is 6.52. The number of carbonyl (C=O) groups is 1. The van der Waals surface area contributed by atoms with Gasteiger partial charge in [-0.3, -0.25) is 0 Å². The molecule has 4 nitrogen and oxygen atoms in total. The SMILES string of the molecule is Cc1ccc(OCCN(C)C(=O)OC(C)(C)C)cc1F. The Labute approximate surface area is 119 Å². The van der Waals surface area contributed by atoms with Gasteiger partial charge in [-0.1, -0.05) is 6.07 Å². The van der Waals surface area contributed by atoms with E-state index in [4.69, 9.17) is 9.47 Å². The second-order valence-electron chi connectivity index (χ2n) is 5.66. The summed E-state index contributed by atoms with van der Waals surface area (Å²) in [4.78, 5) is 13.1. The highest BCUT2D eigenvalue weighted by Gasteiger charge is 2.19. The van der Waals surface area contributed by atoms with Crippen molar-refractivity contribution in [2.24, 2.45) is 0 Å². The van der Waals surface area contributed by atoms with Gasteiger partial charge < -0.3 is 14.4 Å². The molecule has 0 bridgehead atoms. The summed E-state index contributed by atoms with van der Waals surface area (Å²) in [5.41, 5.74) is 0.0509. The predicted molar refractivity (Wildman–Crippen MR) is 75.5 cm³/mol. The van der Waals surface area contributed by atoms with Crippen molar-refractivity contribution in [3.05, 3.63) is 29.6 Å². The predicted octanol–water partition coefficient (Wildman–Crippen LogP) is 3.38. The quantitative estimate of drug-likeness (QED) is 0.850. The second-order valence-corrected chi connectivity index (χ2v) is 5.66. The summed E-state index contributed by atoms with van der Waals surface area (Å²) in [7, 11) is 1.63. The summed E-state index contributed by atoms with van der Waals surface area (Å²) in [6.07, 6.45) is -0.406. The van der Waals surface area contributed by atoms with Crippen LogP contribution in [-0.2, 0) is 4.74 Å². The van der Waals surface area contributed by atoms with Gasteiger partial charge >= 0.3 is 6.09 Å². The molecule has 0 radical (unpaired) electrons. The highest BCUT2D eigenvalue weighted by Crippen LogP contribution is 2.15. The molecule has 0 atom stereocenters. The molecule has 0 N–H and O–H groups in total. The summed E-state index contributed by atoms with van der Waals surface area (Å²) in [6.45, 7) is 7.76. The fourth-order valence-electron chi connectivity index (χ4n) is 1.39. The second kappa shape index (κ2) is 6.59. The number of hydrogen-bond donors (Lipinski definition) is 0. The molecule has 0 saturated heterocycles. The van der Waals surface area contributed by atoms with Gasteiger partial charge in [-0.2, -0.15) is 0 Å². The van der Waals surface area contributed by atoms with Gasteiger partial charge in [0.2, 0.25) is 0 Å². The van der Waals surface area contributed by atoms with Crippen LogP contribution in [0, 0.1) is 12.7 Å². The molecule has 0 spiro atoms. The van der Waals surface area contributed by atoms with E-state index in [1.807, 2.05) is 20.8 Å². The Morgan fingerprint density at radius 1 is 1.35 bits per heavy atom. The number of halogens is 1. The fraction of sp³-hybridized carbons (Fsp3) is 0.533. The Hall–Kier alpha value is -1.78. The third-order valence-corrected chi connectivity index (χ3v) is 2.54. The Balaban J connectivity index is 2.40. The molecular weight excluding hydrogens is 261 g/mol. The van der Waals surface area contributed by atoms with Crippen LogP contribution in [0.25, 0.3) is 0 Å². The average molecular weight is 283 g/mol. The third kappa shape index (κ3) is 5.47. The molecule has 0 heterocycles. The zero-order chi connectivity index (χ0) is 15.3. The zero-order valence-corrected chi connectivity index (χ0v) is 12.7. The molecule has 0 aliphatic carbocycles. The van der Waals surface area contributed by atoms with Gasteiger partial charge in [0.15, 0.2) is 0 Å². The van der Waals surface area contributed by atoms with Gasteiger partial charge in [0, 0.05) is 13.1 Å². The molecule has 0 aliphatic heterocycles. The highest BCUT2D eigenvalue weighted by molar-refractivity contribution is 5.67. The maximum absolute atomic E-state index is 13.3. The third-order valence-electron chi connectivity index (χ3n) is 2.54. The van der Waals surface area contributed by atoms with Crippen LogP contribution in [-0.4, -0.2) is 36.8 Å². The first kappa shape index (κ1) is 16.3. The van der Waals surface area contributed by atoms with Crippen molar-refractivity contribution in [3.63, 3.8) is 0 Å². The van der Waals surface area contributed by atoms with Crippen LogP contribution in [0.4, 0.5) is 9.18 Å². The van der Waals surface area contributed by atoms with Crippen molar-refractivity contribution in [3.8, 4) is 5.75 Å². The lowest BCUT2D eigenvalue weighted by atomic mass is 10.2. The van der Waals surface area contributed by atoms with E-state index in [2.05, 4.69) is 0 Å². The number of ether oxygens (including phenoxy) is 2. The topological polar surface area (TPSA) is 38.8 Å². The van der Waals surface area contributed by atoms with E-state index in [-0.39, 0.29) is 12.4 Å². The maximum Gasteiger partial charge on any atom is 0.410 e. The van der Waals surface area contributed by atoms with Crippen molar-refractivity contribution in [1.29, 1.82) is 0 Å². The summed E-state index contributed by atoms with van der Waals surface area (Å²) in [6, 6.07) is 4.69. The molecule has 1 aromatic carbocycles. The molecule has 1 amide bonds. The highest BCUT2D eigenvalue weighted by atomic mass is 19.1. The number of hydrogen-bond acceptors (Lipinski definition) is 3. The van der Waals surface area contributed by atoms with E-state index in [0.29, 0.717) is 17.9 Å². The number of rotatable bonds is 4. The van der Waals surface area contributed by atoms with Gasteiger partial charge in [0.25, 0.3) is 0 Å². The van der Waals surface area contributed by atoms with E-state index >= 15 is 0 Å². The van der Waals surface area contributed by atoms with Crippen LogP contribution in [0.5, 0.6) is 5.75 Å². The maximum atomic E-state index is 13.3. The van der Waals surface area contributed by atoms with Crippen molar-refractivity contribution >= 4 is 6.09 Å². The number of benzene rings is 1. The molecule has 0 aromatic heterocycles. The number of likely N-dealkylation sites (N-methyl/N-ethyl adjacent to an activating group) is 1. The van der Waals surface area contributed by atoms with Crippen molar-refractivity contribution in [2.75, 3.05) is 20.2 Å². The summed E-state index contributed by atoms with van der Waals surface area (Å²) in [5, 5.41) is 0. The molecule has 0 unspecified atom stereocenters. The van der Waals surface area contributed by atoms with Gasteiger partial charge in [-0.25, -0.2) is 9.18 Å². The lowest BCUT2D eigenvalue weighted by Gasteiger charge is -2.24. The van der Waals surface area contributed by atoms with Crippen molar-refractivity contribution in [1.82, 2.24) is 4.90 Å². The molecule has 112 valence electrons. The number of aryl methyl sites for hydroxylation is 1. The molecule has 0 aliphatic rings. The average Bonchev–Trinajstić information content (AvgIpc) is 2.31. The molecular formula is C15H22FNO3. The molecule has 1 rings (SSSR count). The fourth-order valence-corrected chi connectivity index (χ4v) is 1.39. The summed E-state index contributed by atoms with van der Waals surface area (Å²) < 4.78 is 23.9. The van der Waals surface area contributed by atoms with E-state index in [1.165, 1.54) is 11.0 Å². The van der Waals surface area contributed by atoms with E-state index < -0.39 is 11.7 Å². The van der Waals surface area contributed by atoms with Crippen LogP contribution in [0.2, 0.25) is 0 Å². The van der Waals surface area contributed by atoms with Crippen LogP contribution >= 0.6 is 0 Å². The van der Waals surface area contributed by atoms with E-state index in [9.17, 15) is 9.18 Å². The van der Waals surface area contributed by atoms with Crippen LogP contribution in [0.15, 0.2) is 18.2 Å². The van der Waals surface area contributed by atoms with Crippen molar-refractivity contribution < 1.29 is 18.7 Å². The monoisotopic (exact) mass is 283 g/mol. The van der Waals surface area contributed by atoms with Gasteiger partial charge in [0.05, 0.1) is 6.54 Å². The van der Waals surface area contributed by atoms with Crippen LogP contribution < -0.4 is 4.74 Å². The van der Waals surface area contributed by atoms with Gasteiger partial charge in [-0.15, -0.1) is 0 Å². The molecule has 5 heteroatoms. The molecule has 20 heavy (non-hydrogen) atoms. The van der Waals surface area contributed by atoms with Crippen LogP contribution in [0.1, 0.15) is 26.3 Å². The lowest BCUT2D eigenvalue weighted by Crippen LogP contribution is -2.36. The molecule has 1 aromatic rings. The summed E-state index contributed by atoms with van der Waals surface area (Å²) >= 11 is 0. The number of nitrogens with zero attached hydrogens (tertiary/aromatic N) is 1. The largest absolute Gasteiger partial charge is 0.492 e. The molecule has 0 fully saturated rings. The Morgan fingerprint density at radius 3 is 2.55 bits per heavy atom. The van der Waals surface area contributed by atoms with Gasteiger partial charge in [0.1, 0.15) is 23.8 Å². The normalized spacial score (nSPS) is 11.1. The Kier molecular flexibility index (Phi) is 5.36. The lowest BCUT2D eigenvalue weighted by molar-refractivity contribution is 0.0278. The minimum absolute atomic E-state index is 0.276. The minimum atomic E-state index is -0.522. The standard InChI is InChI=1S/C15H22FNO3/c1-11-6-7-12(10-13(11)16)19-9-8-17(5)14(18)20-15(2,3)4/h6-7,10H,8-9H2,1-5H3. The smallest absolute Gasteiger partial charge is 0.410 e. The zero-order valence-electron chi connectivity index (χ0n) is 12.7. The minimum Gasteiger partial charge on any atom is -0.492 e.